The first-order chi connectivity index (χ1) is 13.0. The van der Waals surface area contributed by atoms with Gasteiger partial charge in [-0.3, -0.25) is 9.88 Å². The van der Waals surface area contributed by atoms with Gasteiger partial charge in [0.15, 0.2) is 39.4 Å². The van der Waals surface area contributed by atoms with Crippen molar-refractivity contribution in [2.75, 3.05) is 6.26 Å². The van der Waals surface area contributed by atoms with Crippen molar-refractivity contribution in [1.29, 1.82) is 0 Å². The first kappa shape index (κ1) is 27.4. The summed E-state index contributed by atoms with van der Waals surface area (Å²) >= 11 is 1.57. The van der Waals surface area contributed by atoms with Gasteiger partial charge in [0, 0.05) is 0 Å². The lowest BCUT2D eigenvalue weighted by molar-refractivity contribution is -0.119. The summed E-state index contributed by atoms with van der Waals surface area (Å²) in [6, 6.07) is -0.610. The van der Waals surface area contributed by atoms with Crippen molar-refractivity contribution in [3.63, 3.8) is 0 Å². The summed E-state index contributed by atoms with van der Waals surface area (Å²) in [4.78, 5) is 12.4. The third-order valence-corrected chi connectivity index (χ3v) is 7.70. The van der Waals surface area contributed by atoms with Crippen LogP contribution in [0.25, 0.3) is 0 Å². The molecular weight excluding hydrogens is 457 g/mol. The Morgan fingerprint density at radius 3 is 1.90 bits per heavy atom. The van der Waals surface area contributed by atoms with Gasteiger partial charge in [0.1, 0.15) is 18.2 Å². The number of hydrogen-bond acceptors (Lipinski definition) is 7. The number of ether oxygens (including phenoxy) is 1. The molecule has 0 aliphatic carbocycles. The minimum absolute atomic E-state index is 0.0390. The van der Waals surface area contributed by atoms with Crippen LogP contribution in [0.4, 0.5) is 0 Å². The van der Waals surface area contributed by atoms with Gasteiger partial charge in [0.05, 0.1) is 0 Å². The number of hydrogen-bond donors (Lipinski definition) is 1. The molecule has 170 valence electrons. The molecule has 1 unspecified atom stereocenters. The molecule has 0 bridgehead atoms. The van der Waals surface area contributed by atoms with E-state index in [9.17, 15) is 4.79 Å². The van der Waals surface area contributed by atoms with Crippen LogP contribution in [0, 0.1) is 0 Å². The second-order valence-electron chi connectivity index (χ2n) is 10.2. The molecule has 1 N–H and O–H groups in total. The van der Waals surface area contributed by atoms with Crippen LogP contribution in [0.3, 0.4) is 0 Å². The number of carbonyl (C=O) groups is 1. The highest BCUT2D eigenvalue weighted by Crippen LogP contribution is 2.39. The highest BCUT2D eigenvalue weighted by molar-refractivity contribution is 7.99. The first-order valence-electron chi connectivity index (χ1n) is 9.94. The van der Waals surface area contributed by atoms with Gasteiger partial charge in [0.2, 0.25) is 8.32 Å². The summed E-state index contributed by atoms with van der Waals surface area (Å²) in [6.45, 7) is 20.9. The normalized spacial score (nSPS) is 24.9. The third-order valence-electron chi connectivity index (χ3n) is 3.77. The molecule has 0 saturated carbocycles. The van der Waals surface area contributed by atoms with Gasteiger partial charge in [-0.25, -0.2) is 0 Å². The van der Waals surface area contributed by atoms with Gasteiger partial charge in [0.25, 0.3) is 0 Å². The van der Waals surface area contributed by atoms with Crippen LogP contribution in [-0.4, -0.2) is 60.7 Å². The standard InChI is InChI=1S/C18H40NO5PSSi3/c1-12(20)13(19-25)14-15(22-27(3,4)5)16(23-28(6,7)8)17(18(21-14)26-2)24-29(9,10)11/h13,16-19H,25H2,1-11H3/t13-,16+,17-,18-/m1/s1. The minimum Gasteiger partial charge on any atom is -0.543 e. The van der Waals surface area contributed by atoms with Crippen molar-refractivity contribution in [1.82, 2.24) is 5.09 Å². The quantitative estimate of drug-likeness (QED) is 0.351. The molecule has 5 atom stereocenters. The van der Waals surface area contributed by atoms with E-state index in [0.29, 0.717) is 11.5 Å². The Morgan fingerprint density at radius 2 is 1.55 bits per heavy atom. The highest BCUT2D eigenvalue weighted by Gasteiger charge is 2.48. The zero-order valence-corrected chi connectivity index (χ0v) is 24.8. The summed E-state index contributed by atoms with van der Waals surface area (Å²) in [7, 11) is -3.45. The lowest BCUT2D eigenvalue weighted by Crippen LogP contribution is -2.56. The molecule has 1 aliphatic heterocycles. The Morgan fingerprint density at radius 1 is 1.03 bits per heavy atom. The second-order valence-corrected chi connectivity index (χ2v) is 24.8. The third kappa shape index (κ3) is 8.76. The van der Waals surface area contributed by atoms with Gasteiger partial charge in [-0.05, 0) is 72.1 Å². The van der Waals surface area contributed by atoms with Crippen LogP contribution in [0.5, 0.6) is 0 Å². The number of nitrogens with one attached hydrogen (secondary N) is 1. The molecule has 0 saturated heterocycles. The number of rotatable bonds is 10. The molecular formula is C18H40NO5PSSi3. The molecule has 0 amide bonds. The topological polar surface area (TPSA) is 66.0 Å². The average molecular weight is 498 g/mol. The van der Waals surface area contributed by atoms with E-state index in [0.717, 1.165) is 0 Å². The lowest BCUT2D eigenvalue weighted by Gasteiger charge is -2.46. The summed E-state index contributed by atoms with van der Waals surface area (Å²) in [5.74, 6) is 1.10. The fraction of sp³-hybridized carbons (Fsp3) is 0.833. The van der Waals surface area contributed by atoms with E-state index >= 15 is 0 Å². The Labute approximate surface area is 186 Å². The molecule has 1 heterocycles. The van der Waals surface area contributed by atoms with E-state index in [1.165, 1.54) is 0 Å². The Hall–Kier alpha value is 0.321. The van der Waals surface area contributed by atoms with Gasteiger partial charge < -0.3 is 18.0 Å². The Kier molecular flexibility index (Phi) is 9.71. The molecule has 11 heteroatoms. The van der Waals surface area contributed by atoms with Crippen molar-refractivity contribution >= 4 is 51.9 Å². The van der Waals surface area contributed by atoms with E-state index < -0.39 is 37.1 Å². The smallest absolute Gasteiger partial charge is 0.242 e. The number of Topliss-reactive ketones (excluding diaryl/α,β-unsaturated/α-hetero) is 1. The van der Waals surface area contributed by atoms with Crippen LogP contribution in [0.1, 0.15) is 6.92 Å². The zero-order valence-electron chi connectivity index (χ0n) is 19.8. The monoisotopic (exact) mass is 497 g/mol. The van der Waals surface area contributed by atoms with E-state index in [4.69, 9.17) is 18.0 Å². The maximum atomic E-state index is 12.4. The molecule has 0 spiro atoms. The minimum atomic E-state index is -2.02. The van der Waals surface area contributed by atoms with Crippen LogP contribution < -0.4 is 5.09 Å². The lowest BCUT2D eigenvalue weighted by atomic mass is 10.0. The fourth-order valence-electron chi connectivity index (χ4n) is 2.92. The van der Waals surface area contributed by atoms with Crippen LogP contribution >= 0.6 is 21.2 Å². The number of carbonyl (C=O) groups excluding carboxylic acids is 1. The predicted molar refractivity (Wildman–Crippen MR) is 134 cm³/mol. The molecule has 0 aromatic rings. The van der Waals surface area contributed by atoms with Gasteiger partial charge in [-0.1, -0.05) is 9.39 Å². The predicted octanol–water partition coefficient (Wildman–Crippen LogP) is 4.55. The molecule has 0 aromatic heterocycles. The van der Waals surface area contributed by atoms with Crippen LogP contribution in [0.2, 0.25) is 58.9 Å². The molecule has 0 fully saturated rings. The highest BCUT2D eigenvalue weighted by atomic mass is 32.2. The maximum Gasteiger partial charge on any atom is 0.242 e. The van der Waals surface area contributed by atoms with Gasteiger partial charge in [-0.2, -0.15) is 0 Å². The first-order valence-corrected chi connectivity index (χ1v) is 22.0. The van der Waals surface area contributed by atoms with E-state index in [2.05, 4.69) is 73.4 Å². The van der Waals surface area contributed by atoms with Gasteiger partial charge in [-0.15, -0.1) is 11.8 Å². The van der Waals surface area contributed by atoms with E-state index in [1.807, 2.05) is 6.26 Å². The van der Waals surface area contributed by atoms with E-state index in [1.54, 1.807) is 18.7 Å². The molecule has 29 heavy (non-hydrogen) atoms. The summed E-state index contributed by atoms with van der Waals surface area (Å²) in [5, 5.41) is 3.01. The molecule has 0 aromatic carbocycles. The number of ketones is 1. The Bertz CT molecular complexity index is 616. The summed E-state index contributed by atoms with van der Waals surface area (Å²) in [6.07, 6.45) is 1.30. The van der Waals surface area contributed by atoms with Crippen LogP contribution in [-0.2, 0) is 22.8 Å². The average Bonchev–Trinajstić information content (AvgIpc) is 2.49. The second kappa shape index (κ2) is 10.3. The maximum absolute atomic E-state index is 12.4. The molecule has 1 rings (SSSR count). The van der Waals surface area contributed by atoms with Crippen molar-refractivity contribution in [2.45, 2.75) is 89.5 Å². The molecule has 1 aliphatic rings. The fourth-order valence-corrected chi connectivity index (χ4v) is 7.01. The molecule has 6 nitrogen and oxygen atoms in total. The summed E-state index contributed by atoms with van der Waals surface area (Å²) < 4.78 is 26.2. The van der Waals surface area contributed by atoms with Crippen molar-refractivity contribution in [3.8, 4) is 0 Å². The van der Waals surface area contributed by atoms with Crippen molar-refractivity contribution < 1.29 is 22.8 Å². The zero-order chi connectivity index (χ0) is 22.8. The van der Waals surface area contributed by atoms with Crippen molar-refractivity contribution in [2.24, 2.45) is 0 Å². The van der Waals surface area contributed by atoms with Crippen LogP contribution in [0.15, 0.2) is 11.5 Å². The van der Waals surface area contributed by atoms with E-state index in [-0.39, 0.29) is 17.3 Å². The van der Waals surface area contributed by atoms with Gasteiger partial charge >= 0.3 is 0 Å². The number of thioether (sulfide) groups is 1. The largest absolute Gasteiger partial charge is 0.543 e. The summed E-state index contributed by atoms with van der Waals surface area (Å²) in [5.41, 5.74) is -0.285. The van der Waals surface area contributed by atoms with Crippen molar-refractivity contribution in [3.05, 3.63) is 11.5 Å². The SMILES string of the molecule is CS[C@H]1OC([C@H](NP)C(C)=O)=C(O[Si](C)(C)C)[C@H](O[Si](C)(C)C)[C@H]1O[Si](C)(C)C. The Balaban J connectivity index is 3.69. The molecule has 0 radical (unpaired) electrons.